The van der Waals surface area contributed by atoms with Gasteiger partial charge in [-0.25, -0.2) is 4.39 Å². The highest BCUT2D eigenvalue weighted by atomic mass is 19.1. The summed E-state index contributed by atoms with van der Waals surface area (Å²) in [6, 6.07) is 9.95. The first-order valence-electron chi connectivity index (χ1n) is 11.1. The second-order valence-corrected chi connectivity index (χ2v) is 7.72. The Morgan fingerprint density at radius 3 is 2.66 bits per heavy atom. The molecular formula is C25H28FNO5. The molecule has 1 atom stereocenters. The number of aromatic nitrogens is 1. The summed E-state index contributed by atoms with van der Waals surface area (Å²) in [5, 5.41) is -0.00138. The zero-order valence-electron chi connectivity index (χ0n) is 18.2. The fourth-order valence-corrected chi connectivity index (χ4v) is 3.73. The van der Waals surface area contributed by atoms with E-state index in [1.165, 1.54) is 6.07 Å². The first-order valence-corrected chi connectivity index (χ1v) is 11.1. The monoisotopic (exact) mass is 441 g/mol. The highest BCUT2D eigenvalue weighted by molar-refractivity contribution is 5.88. The van der Waals surface area contributed by atoms with E-state index in [2.05, 4.69) is 4.98 Å². The topological polar surface area (TPSA) is 69.8 Å². The van der Waals surface area contributed by atoms with Crippen molar-refractivity contribution in [3.63, 3.8) is 0 Å². The molecule has 170 valence electrons. The number of halogens is 1. The summed E-state index contributed by atoms with van der Waals surface area (Å²) in [6.45, 7) is 4.07. The number of aromatic amines is 1. The van der Waals surface area contributed by atoms with Gasteiger partial charge < -0.3 is 23.9 Å². The van der Waals surface area contributed by atoms with Crippen LogP contribution in [0.1, 0.15) is 32.6 Å². The molecule has 32 heavy (non-hydrogen) atoms. The van der Waals surface area contributed by atoms with E-state index < -0.39 is 5.82 Å². The Kier molecular flexibility index (Phi) is 7.39. The summed E-state index contributed by atoms with van der Waals surface area (Å²) in [5.41, 5.74) is 1.04. The number of H-pyrrole nitrogens is 1. The van der Waals surface area contributed by atoms with Gasteiger partial charge in [0.1, 0.15) is 23.9 Å². The van der Waals surface area contributed by atoms with Crippen LogP contribution in [0, 0.1) is 5.82 Å². The Bertz CT molecular complexity index is 1090. The lowest BCUT2D eigenvalue weighted by Gasteiger charge is -2.22. The molecule has 7 heteroatoms. The third-order valence-electron chi connectivity index (χ3n) is 5.37. The molecule has 1 saturated heterocycles. The number of nitrogens with one attached hydrogen (secondary N) is 1. The van der Waals surface area contributed by atoms with Gasteiger partial charge in [0.15, 0.2) is 11.7 Å². The summed E-state index contributed by atoms with van der Waals surface area (Å²) in [7, 11) is 0. The van der Waals surface area contributed by atoms with Crippen molar-refractivity contribution in [2.45, 2.75) is 38.9 Å². The summed E-state index contributed by atoms with van der Waals surface area (Å²) in [4.78, 5) is 16.1. The van der Waals surface area contributed by atoms with Crippen molar-refractivity contribution in [3.05, 3.63) is 58.6 Å². The van der Waals surface area contributed by atoms with E-state index >= 15 is 0 Å². The van der Waals surface area contributed by atoms with Crippen LogP contribution in [0.5, 0.6) is 11.5 Å². The standard InChI is InChI=1S/C25H28FNO5/c1-2-12-30-21-11-10-20(26)23-24(21)27-16-19(25(23)28)17-6-8-18(9-7-17)29-14-15-32-22-5-3-4-13-31-22/h6-11,16,22H,2-5,12-15H2,1H3,(H,27,28). The second kappa shape index (κ2) is 10.6. The molecule has 0 bridgehead atoms. The molecule has 0 saturated carbocycles. The van der Waals surface area contributed by atoms with Crippen LogP contribution in [0.25, 0.3) is 22.0 Å². The van der Waals surface area contributed by atoms with Crippen LogP contribution < -0.4 is 14.9 Å². The first kappa shape index (κ1) is 22.3. The first-order chi connectivity index (χ1) is 15.7. The summed E-state index contributed by atoms with van der Waals surface area (Å²) < 4.78 is 37.1. The molecule has 6 nitrogen and oxygen atoms in total. The molecule has 1 aliphatic rings. The van der Waals surface area contributed by atoms with Crippen molar-refractivity contribution in [2.24, 2.45) is 0 Å². The smallest absolute Gasteiger partial charge is 0.200 e. The molecule has 1 aromatic heterocycles. The Morgan fingerprint density at radius 1 is 1.06 bits per heavy atom. The van der Waals surface area contributed by atoms with Gasteiger partial charge in [0.05, 0.1) is 24.1 Å². The molecule has 4 rings (SSSR count). The Labute approximate surface area is 186 Å². The van der Waals surface area contributed by atoms with E-state index in [9.17, 15) is 9.18 Å². The zero-order chi connectivity index (χ0) is 22.3. The molecule has 1 N–H and O–H groups in total. The Hall–Kier alpha value is -2.90. The number of hydrogen-bond donors (Lipinski definition) is 1. The third kappa shape index (κ3) is 5.11. The molecule has 2 heterocycles. The molecule has 0 amide bonds. The molecule has 0 radical (unpaired) electrons. The lowest BCUT2D eigenvalue weighted by Crippen LogP contribution is -2.24. The highest BCUT2D eigenvalue weighted by Gasteiger charge is 2.16. The molecule has 2 aromatic carbocycles. The number of benzene rings is 2. The summed E-state index contributed by atoms with van der Waals surface area (Å²) in [5.74, 6) is 0.561. The lowest BCUT2D eigenvalue weighted by atomic mass is 10.0. The second-order valence-electron chi connectivity index (χ2n) is 7.72. The molecule has 3 aromatic rings. The number of ether oxygens (including phenoxy) is 4. The van der Waals surface area contributed by atoms with Crippen LogP contribution in [0.15, 0.2) is 47.4 Å². The van der Waals surface area contributed by atoms with E-state index in [4.69, 9.17) is 18.9 Å². The maximum absolute atomic E-state index is 14.5. The average molecular weight is 441 g/mol. The quantitative estimate of drug-likeness (QED) is 0.471. The number of hydrogen-bond acceptors (Lipinski definition) is 5. The fourth-order valence-electron chi connectivity index (χ4n) is 3.73. The molecule has 1 fully saturated rings. The zero-order valence-corrected chi connectivity index (χ0v) is 18.2. The normalized spacial score (nSPS) is 16.2. The predicted octanol–water partition coefficient (Wildman–Crippen LogP) is 5.05. The summed E-state index contributed by atoms with van der Waals surface area (Å²) >= 11 is 0. The van der Waals surface area contributed by atoms with Crippen molar-refractivity contribution >= 4 is 10.9 Å². The van der Waals surface area contributed by atoms with Crippen LogP contribution in [0.3, 0.4) is 0 Å². The van der Waals surface area contributed by atoms with Crippen LogP contribution >= 0.6 is 0 Å². The maximum atomic E-state index is 14.5. The van der Waals surface area contributed by atoms with Gasteiger partial charge in [-0.1, -0.05) is 19.1 Å². The van der Waals surface area contributed by atoms with E-state index in [1.807, 2.05) is 6.92 Å². The molecule has 1 unspecified atom stereocenters. The average Bonchev–Trinajstić information content (AvgIpc) is 2.83. The SMILES string of the molecule is CCCOc1ccc(F)c2c(=O)c(-c3ccc(OCCOC4CCCCO4)cc3)c[nH]c12. The largest absolute Gasteiger partial charge is 0.491 e. The fraction of sp³-hybridized carbons (Fsp3) is 0.400. The minimum absolute atomic E-state index is 0.00138. The van der Waals surface area contributed by atoms with Gasteiger partial charge in [-0.2, -0.15) is 0 Å². The van der Waals surface area contributed by atoms with Gasteiger partial charge in [0, 0.05) is 18.4 Å². The van der Waals surface area contributed by atoms with E-state index in [-0.39, 0.29) is 17.1 Å². The van der Waals surface area contributed by atoms with E-state index in [0.717, 1.165) is 32.3 Å². The molecule has 1 aliphatic heterocycles. The van der Waals surface area contributed by atoms with Gasteiger partial charge >= 0.3 is 0 Å². The van der Waals surface area contributed by atoms with Crippen LogP contribution in [-0.2, 0) is 9.47 Å². The van der Waals surface area contributed by atoms with Gasteiger partial charge in [0.25, 0.3) is 0 Å². The van der Waals surface area contributed by atoms with E-state index in [0.29, 0.717) is 48.0 Å². The van der Waals surface area contributed by atoms with Crippen LogP contribution in [0.2, 0.25) is 0 Å². The van der Waals surface area contributed by atoms with Gasteiger partial charge in [0.2, 0.25) is 0 Å². The predicted molar refractivity (Wildman–Crippen MR) is 121 cm³/mol. The Balaban J connectivity index is 1.45. The molecule has 0 spiro atoms. The van der Waals surface area contributed by atoms with Gasteiger partial charge in [-0.15, -0.1) is 0 Å². The molecular weight excluding hydrogens is 413 g/mol. The molecule has 0 aliphatic carbocycles. The highest BCUT2D eigenvalue weighted by Crippen LogP contribution is 2.27. The number of fused-ring (bicyclic) bond motifs is 1. The van der Waals surface area contributed by atoms with Crippen molar-refractivity contribution in [1.82, 2.24) is 4.98 Å². The van der Waals surface area contributed by atoms with Crippen molar-refractivity contribution in [1.29, 1.82) is 0 Å². The van der Waals surface area contributed by atoms with Gasteiger partial charge in [-0.3, -0.25) is 4.79 Å². The minimum atomic E-state index is -0.575. The lowest BCUT2D eigenvalue weighted by molar-refractivity contribution is -0.165. The Morgan fingerprint density at radius 2 is 1.91 bits per heavy atom. The number of rotatable bonds is 9. The number of pyridine rings is 1. The van der Waals surface area contributed by atoms with Crippen molar-refractivity contribution in [3.8, 4) is 22.6 Å². The van der Waals surface area contributed by atoms with Gasteiger partial charge in [-0.05, 0) is 55.5 Å². The van der Waals surface area contributed by atoms with Crippen molar-refractivity contribution < 1.29 is 23.3 Å². The van der Waals surface area contributed by atoms with Crippen LogP contribution in [-0.4, -0.2) is 37.7 Å². The summed E-state index contributed by atoms with van der Waals surface area (Å²) in [6.07, 6.45) is 5.40. The minimum Gasteiger partial charge on any atom is -0.491 e. The maximum Gasteiger partial charge on any atom is 0.200 e. The van der Waals surface area contributed by atoms with E-state index in [1.54, 1.807) is 36.5 Å². The van der Waals surface area contributed by atoms with Crippen molar-refractivity contribution in [2.75, 3.05) is 26.4 Å². The van der Waals surface area contributed by atoms with Crippen LogP contribution in [0.4, 0.5) is 4.39 Å². The third-order valence-corrected chi connectivity index (χ3v) is 5.37.